The van der Waals surface area contributed by atoms with Gasteiger partial charge in [0.25, 0.3) is 0 Å². The summed E-state index contributed by atoms with van der Waals surface area (Å²) in [4.78, 5) is 3.94. The summed E-state index contributed by atoms with van der Waals surface area (Å²) >= 11 is 0. The zero-order valence-corrected chi connectivity index (χ0v) is 10.1. The Bertz CT molecular complexity index is 324. The van der Waals surface area contributed by atoms with Crippen LogP contribution in [0.15, 0.2) is 4.99 Å². The Balaban J connectivity index is 2.50. The van der Waals surface area contributed by atoms with Crippen LogP contribution in [-0.2, 0) is 9.84 Å². The molecule has 1 saturated heterocycles. The average molecular weight is 233 g/mol. The van der Waals surface area contributed by atoms with Gasteiger partial charge in [-0.25, -0.2) is 8.42 Å². The molecule has 0 saturated carbocycles. The van der Waals surface area contributed by atoms with E-state index in [1.165, 1.54) is 0 Å². The van der Waals surface area contributed by atoms with Crippen molar-refractivity contribution < 1.29 is 8.42 Å². The predicted molar refractivity (Wildman–Crippen MR) is 61.8 cm³/mol. The van der Waals surface area contributed by atoms with Gasteiger partial charge in [-0.1, -0.05) is 6.42 Å². The van der Waals surface area contributed by atoms with Crippen molar-refractivity contribution in [3.63, 3.8) is 0 Å². The first kappa shape index (κ1) is 12.3. The van der Waals surface area contributed by atoms with E-state index in [9.17, 15) is 8.42 Å². The first-order chi connectivity index (χ1) is 7.10. The number of guanidine groups is 1. The number of nitrogens with zero attached hydrogens (tertiary/aromatic N) is 1. The van der Waals surface area contributed by atoms with Gasteiger partial charge in [-0.05, 0) is 12.8 Å². The Kier molecular flexibility index (Phi) is 4.38. The van der Waals surface area contributed by atoms with Crippen LogP contribution >= 0.6 is 0 Å². The van der Waals surface area contributed by atoms with Crippen LogP contribution in [0.4, 0.5) is 0 Å². The second kappa shape index (κ2) is 5.34. The van der Waals surface area contributed by atoms with E-state index in [0.29, 0.717) is 18.3 Å². The third kappa shape index (κ3) is 3.37. The molecular weight excluding hydrogens is 214 g/mol. The second-order valence-electron chi connectivity index (χ2n) is 3.69. The van der Waals surface area contributed by atoms with Crippen molar-refractivity contribution in [3.05, 3.63) is 0 Å². The molecule has 0 aliphatic carbocycles. The lowest BCUT2D eigenvalue weighted by Gasteiger charge is -2.23. The summed E-state index contributed by atoms with van der Waals surface area (Å²) in [6.07, 6.45) is 2.57. The number of rotatable bonds is 2. The lowest BCUT2D eigenvalue weighted by molar-refractivity contribution is 0.535. The summed E-state index contributed by atoms with van der Waals surface area (Å²) in [5.74, 6) is 0.966. The molecule has 5 nitrogen and oxygen atoms in total. The molecule has 0 spiro atoms. The van der Waals surface area contributed by atoms with Gasteiger partial charge in [0.1, 0.15) is 0 Å². The highest BCUT2D eigenvalue weighted by atomic mass is 32.2. The van der Waals surface area contributed by atoms with Crippen molar-refractivity contribution in [3.8, 4) is 0 Å². The third-order valence-corrected chi connectivity index (χ3v) is 4.95. The van der Waals surface area contributed by atoms with Crippen LogP contribution < -0.4 is 10.6 Å². The Hall–Kier alpha value is -0.780. The van der Waals surface area contributed by atoms with Gasteiger partial charge in [0, 0.05) is 20.6 Å². The van der Waals surface area contributed by atoms with Gasteiger partial charge in [0.05, 0.1) is 11.0 Å². The SMILES string of the molecule is CN=C(NC)NCC1CCCCS1(=O)=O. The summed E-state index contributed by atoms with van der Waals surface area (Å²) in [5, 5.41) is 5.61. The summed E-state index contributed by atoms with van der Waals surface area (Å²) in [6, 6.07) is 0. The first-order valence-corrected chi connectivity index (χ1v) is 6.91. The zero-order valence-electron chi connectivity index (χ0n) is 9.28. The van der Waals surface area contributed by atoms with Crippen molar-refractivity contribution >= 4 is 15.8 Å². The highest BCUT2D eigenvalue weighted by Gasteiger charge is 2.28. The van der Waals surface area contributed by atoms with Crippen molar-refractivity contribution in [2.75, 3.05) is 26.4 Å². The van der Waals surface area contributed by atoms with Gasteiger partial charge >= 0.3 is 0 Å². The fourth-order valence-electron chi connectivity index (χ4n) is 1.74. The highest BCUT2D eigenvalue weighted by Crippen LogP contribution is 2.18. The van der Waals surface area contributed by atoms with E-state index in [2.05, 4.69) is 15.6 Å². The minimum atomic E-state index is -2.88. The molecule has 88 valence electrons. The Morgan fingerprint density at radius 2 is 2.20 bits per heavy atom. The highest BCUT2D eigenvalue weighted by molar-refractivity contribution is 7.92. The van der Waals surface area contributed by atoms with E-state index in [1.807, 2.05) is 0 Å². The number of sulfone groups is 1. The van der Waals surface area contributed by atoms with Gasteiger partial charge in [0.2, 0.25) is 0 Å². The number of nitrogens with one attached hydrogen (secondary N) is 2. The minimum Gasteiger partial charge on any atom is -0.359 e. The van der Waals surface area contributed by atoms with Crippen molar-refractivity contribution in [1.29, 1.82) is 0 Å². The van der Waals surface area contributed by atoms with Gasteiger partial charge in [0.15, 0.2) is 15.8 Å². The van der Waals surface area contributed by atoms with Crippen LogP contribution in [0.5, 0.6) is 0 Å². The van der Waals surface area contributed by atoms with E-state index in [1.54, 1.807) is 14.1 Å². The summed E-state index contributed by atoms with van der Waals surface area (Å²) < 4.78 is 23.3. The lowest BCUT2D eigenvalue weighted by Crippen LogP contribution is -2.43. The normalized spacial score (nSPS) is 26.0. The average Bonchev–Trinajstić information content (AvgIpc) is 2.21. The molecular formula is C9H19N3O2S. The van der Waals surface area contributed by atoms with Gasteiger partial charge < -0.3 is 10.6 Å². The van der Waals surface area contributed by atoms with Crippen LogP contribution in [0.25, 0.3) is 0 Å². The van der Waals surface area contributed by atoms with E-state index >= 15 is 0 Å². The zero-order chi connectivity index (χ0) is 11.3. The lowest BCUT2D eigenvalue weighted by atomic mass is 10.2. The van der Waals surface area contributed by atoms with Crippen molar-refractivity contribution in [1.82, 2.24) is 10.6 Å². The maximum absolute atomic E-state index is 11.7. The number of hydrogen-bond acceptors (Lipinski definition) is 3. The maximum atomic E-state index is 11.7. The van der Waals surface area contributed by atoms with E-state index < -0.39 is 9.84 Å². The predicted octanol–water partition coefficient (Wildman–Crippen LogP) is -0.251. The monoisotopic (exact) mass is 233 g/mol. The quantitative estimate of drug-likeness (QED) is 0.509. The first-order valence-electron chi connectivity index (χ1n) is 5.20. The van der Waals surface area contributed by atoms with Crippen LogP contribution in [0, 0.1) is 0 Å². The topological polar surface area (TPSA) is 70.6 Å². The molecule has 0 bridgehead atoms. The molecule has 0 aromatic carbocycles. The van der Waals surface area contributed by atoms with E-state index in [0.717, 1.165) is 19.3 Å². The standard InChI is InChI=1S/C9H19N3O2S/c1-10-9(11-2)12-7-8-5-3-4-6-15(8,13)14/h8H,3-7H2,1-2H3,(H2,10,11,12). The fourth-order valence-corrected chi connectivity index (χ4v) is 3.54. The molecule has 1 aliphatic heterocycles. The van der Waals surface area contributed by atoms with Crippen LogP contribution in [0.2, 0.25) is 0 Å². The molecule has 1 aliphatic rings. The van der Waals surface area contributed by atoms with Crippen LogP contribution in [0.3, 0.4) is 0 Å². The summed E-state index contributed by atoms with van der Waals surface area (Å²) in [7, 11) is 0.535. The number of hydrogen-bond donors (Lipinski definition) is 2. The largest absolute Gasteiger partial charge is 0.359 e. The summed E-state index contributed by atoms with van der Waals surface area (Å²) in [6.45, 7) is 0.454. The molecule has 1 unspecified atom stereocenters. The Morgan fingerprint density at radius 1 is 1.47 bits per heavy atom. The molecule has 1 rings (SSSR count). The van der Waals surface area contributed by atoms with E-state index in [4.69, 9.17) is 0 Å². The van der Waals surface area contributed by atoms with E-state index in [-0.39, 0.29) is 5.25 Å². The minimum absolute atomic E-state index is 0.253. The van der Waals surface area contributed by atoms with Crippen molar-refractivity contribution in [2.24, 2.45) is 4.99 Å². The maximum Gasteiger partial charge on any atom is 0.190 e. The molecule has 1 fully saturated rings. The fraction of sp³-hybridized carbons (Fsp3) is 0.889. The summed E-state index contributed by atoms with van der Waals surface area (Å²) in [5.41, 5.74) is 0. The van der Waals surface area contributed by atoms with Gasteiger partial charge in [-0.3, -0.25) is 4.99 Å². The molecule has 0 aromatic heterocycles. The van der Waals surface area contributed by atoms with Gasteiger partial charge in [-0.2, -0.15) is 0 Å². The molecule has 15 heavy (non-hydrogen) atoms. The number of aliphatic imine (C=N–C) groups is 1. The molecule has 0 radical (unpaired) electrons. The third-order valence-electron chi connectivity index (χ3n) is 2.67. The smallest absolute Gasteiger partial charge is 0.190 e. The molecule has 0 amide bonds. The van der Waals surface area contributed by atoms with Crippen LogP contribution in [0.1, 0.15) is 19.3 Å². The Morgan fingerprint density at radius 3 is 2.73 bits per heavy atom. The molecule has 1 heterocycles. The van der Waals surface area contributed by atoms with Crippen molar-refractivity contribution in [2.45, 2.75) is 24.5 Å². The molecule has 2 N–H and O–H groups in total. The molecule has 6 heteroatoms. The molecule has 0 aromatic rings. The van der Waals surface area contributed by atoms with Gasteiger partial charge in [-0.15, -0.1) is 0 Å². The molecule has 1 atom stereocenters. The Labute approximate surface area is 91.3 Å². The van der Waals surface area contributed by atoms with Crippen LogP contribution in [-0.4, -0.2) is 46.0 Å². The second-order valence-corrected chi connectivity index (χ2v) is 6.09.